The molecule has 0 spiro atoms. The molecule has 8 nitrogen and oxygen atoms in total. The van der Waals surface area contributed by atoms with Crippen LogP contribution in [0.3, 0.4) is 0 Å². The molecule has 0 unspecified atom stereocenters. The van der Waals surface area contributed by atoms with E-state index in [1.54, 1.807) is 32.9 Å². The Hall–Kier alpha value is -2.81. The SMILES string of the molecule is CN(C)c1nc([C@H](Cc2ccc(OC(=O)OC(C)(C)C)cc2)NC(=O)OC(C)(C)C)cs1. The lowest BCUT2D eigenvalue weighted by Crippen LogP contribution is -2.36. The normalized spacial score (nSPS) is 12.6. The van der Waals surface area contributed by atoms with Gasteiger partial charge in [-0.25, -0.2) is 14.6 Å². The molecule has 2 rings (SSSR count). The Balaban J connectivity index is 2.14. The third kappa shape index (κ3) is 8.74. The summed E-state index contributed by atoms with van der Waals surface area (Å²) >= 11 is 1.50. The van der Waals surface area contributed by atoms with Crippen LogP contribution in [0.5, 0.6) is 5.75 Å². The van der Waals surface area contributed by atoms with Crippen LogP contribution in [0.15, 0.2) is 29.6 Å². The zero-order valence-corrected chi connectivity index (χ0v) is 20.8. The van der Waals surface area contributed by atoms with E-state index in [4.69, 9.17) is 14.2 Å². The summed E-state index contributed by atoms with van der Waals surface area (Å²) in [5.74, 6) is 0.378. The van der Waals surface area contributed by atoms with Gasteiger partial charge in [-0.2, -0.15) is 0 Å². The van der Waals surface area contributed by atoms with Crippen molar-refractivity contribution in [2.45, 2.75) is 65.2 Å². The van der Waals surface area contributed by atoms with Crippen molar-refractivity contribution < 1.29 is 23.8 Å². The molecular weight excluding hydrogens is 430 g/mol. The fourth-order valence-electron chi connectivity index (χ4n) is 2.62. The number of rotatable bonds is 6. The highest BCUT2D eigenvalue weighted by Gasteiger charge is 2.23. The number of carbonyl (C=O) groups excluding carboxylic acids is 2. The fraction of sp³-hybridized carbons (Fsp3) is 0.522. The first kappa shape index (κ1) is 25.5. The lowest BCUT2D eigenvalue weighted by molar-refractivity contribution is 0.0205. The van der Waals surface area contributed by atoms with Gasteiger partial charge in [0.25, 0.3) is 0 Å². The average molecular weight is 464 g/mol. The molecule has 1 N–H and O–H groups in total. The van der Waals surface area contributed by atoms with Crippen LogP contribution in [0.25, 0.3) is 0 Å². The van der Waals surface area contributed by atoms with E-state index in [1.165, 1.54) is 11.3 Å². The Morgan fingerprint density at radius 1 is 1.03 bits per heavy atom. The summed E-state index contributed by atoms with van der Waals surface area (Å²) in [6.45, 7) is 10.8. The molecule has 0 aliphatic heterocycles. The van der Waals surface area contributed by atoms with Crippen molar-refractivity contribution >= 4 is 28.7 Å². The Morgan fingerprint density at radius 2 is 1.62 bits per heavy atom. The first-order valence-electron chi connectivity index (χ1n) is 10.3. The van der Waals surface area contributed by atoms with E-state index in [0.717, 1.165) is 16.4 Å². The third-order valence-electron chi connectivity index (χ3n) is 3.89. The molecule has 1 atom stereocenters. The maximum absolute atomic E-state index is 12.4. The number of alkyl carbamates (subject to hydrolysis) is 1. The van der Waals surface area contributed by atoms with Crippen molar-refractivity contribution in [1.82, 2.24) is 10.3 Å². The highest BCUT2D eigenvalue weighted by atomic mass is 32.1. The Kier molecular flexibility index (Phi) is 8.12. The Bertz CT molecular complexity index is 911. The second-order valence-corrected chi connectivity index (χ2v) is 10.4. The molecule has 0 aliphatic carbocycles. The van der Waals surface area contributed by atoms with E-state index in [0.29, 0.717) is 12.2 Å². The van der Waals surface area contributed by atoms with Crippen LogP contribution >= 0.6 is 11.3 Å². The number of anilines is 1. The summed E-state index contributed by atoms with van der Waals surface area (Å²) in [7, 11) is 3.84. The van der Waals surface area contributed by atoms with Crippen molar-refractivity contribution in [3.63, 3.8) is 0 Å². The maximum Gasteiger partial charge on any atom is 0.514 e. The first-order chi connectivity index (χ1) is 14.7. The molecule has 1 aromatic heterocycles. The fourth-order valence-corrected chi connectivity index (χ4v) is 3.43. The topological polar surface area (TPSA) is 90.0 Å². The van der Waals surface area contributed by atoms with Crippen LogP contribution in [-0.2, 0) is 15.9 Å². The largest absolute Gasteiger partial charge is 0.514 e. The minimum absolute atomic E-state index is 0.378. The van der Waals surface area contributed by atoms with Crippen molar-refractivity contribution in [3.05, 3.63) is 40.9 Å². The van der Waals surface area contributed by atoms with E-state index >= 15 is 0 Å². The average Bonchev–Trinajstić information content (AvgIpc) is 3.10. The van der Waals surface area contributed by atoms with E-state index in [-0.39, 0.29) is 6.04 Å². The summed E-state index contributed by atoms with van der Waals surface area (Å²) in [4.78, 5) is 30.8. The number of amides is 1. The second kappa shape index (κ2) is 10.2. The number of aromatic nitrogens is 1. The van der Waals surface area contributed by atoms with Crippen molar-refractivity contribution in [1.29, 1.82) is 0 Å². The molecule has 1 aromatic carbocycles. The Labute approximate surface area is 193 Å². The number of thiazole rings is 1. The predicted molar refractivity (Wildman–Crippen MR) is 126 cm³/mol. The van der Waals surface area contributed by atoms with E-state index < -0.39 is 23.5 Å². The lowest BCUT2D eigenvalue weighted by atomic mass is 10.0. The zero-order valence-electron chi connectivity index (χ0n) is 20.0. The molecule has 9 heteroatoms. The number of nitrogens with one attached hydrogen (secondary N) is 1. The van der Waals surface area contributed by atoms with Gasteiger partial charge in [-0.05, 0) is 65.7 Å². The smallest absolute Gasteiger partial charge is 0.444 e. The molecule has 0 radical (unpaired) electrons. The zero-order chi connectivity index (χ0) is 24.1. The Morgan fingerprint density at radius 3 is 2.12 bits per heavy atom. The molecule has 1 heterocycles. The summed E-state index contributed by atoms with van der Waals surface area (Å²) in [6, 6.07) is 6.67. The maximum atomic E-state index is 12.4. The summed E-state index contributed by atoms with van der Waals surface area (Å²) < 4.78 is 15.8. The van der Waals surface area contributed by atoms with Gasteiger partial charge in [0.1, 0.15) is 17.0 Å². The van der Waals surface area contributed by atoms with E-state index in [9.17, 15) is 9.59 Å². The number of carbonyl (C=O) groups is 2. The monoisotopic (exact) mass is 463 g/mol. The van der Waals surface area contributed by atoms with Crippen LogP contribution in [0.2, 0.25) is 0 Å². The van der Waals surface area contributed by atoms with Crippen molar-refractivity contribution in [2.24, 2.45) is 0 Å². The number of hydrogen-bond donors (Lipinski definition) is 1. The van der Waals surface area contributed by atoms with Crippen molar-refractivity contribution in [3.8, 4) is 5.75 Å². The number of ether oxygens (including phenoxy) is 3. The summed E-state index contributed by atoms with van der Waals surface area (Å²) in [5.41, 5.74) is 0.448. The highest BCUT2D eigenvalue weighted by molar-refractivity contribution is 7.13. The number of benzene rings is 1. The summed E-state index contributed by atoms with van der Waals surface area (Å²) in [5, 5.41) is 5.69. The van der Waals surface area contributed by atoms with E-state index in [1.807, 2.05) is 57.3 Å². The van der Waals surface area contributed by atoms with Gasteiger partial charge in [-0.1, -0.05) is 12.1 Å². The first-order valence-corrected chi connectivity index (χ1v) is 11.2. The molecule has 1 amide bonds. The van der Waals surface area contributed by atoms with Gasteiger partial charge >= 0.3 is 12.2 Å². The van der Waals surface area contributed by atoms with Gasteiger partial charge < -0.3 is 24.4 Å². The van der Waals surface area contributed by atoms with Gasteiger partial charge in [0.05, 0.1) is 11.7 Å². The highest BCUT2D eigenvalue weighted by Crippen LogP contribution is 2.26. The van der Waals surface area contributed by atoms with Crippen LogP contribution in [0.4, 0.5) is 14.7 Å². The molecule has 0 saturated heterocycles. The third-order valence-corrected chi connectivity index (χ3v) is 4.92. The molecule has 0 aliphatic rings. The minimum atomic E-state index is -0.756. The van der Waals surface area contributed by atoms with Crippen LogP contribution in [0.1, 0.15) is 58.8 Å². The number of hydrogen-bond acceptors (Lipinski definition) is 8. The molecule has 176 valence electrons. The molecule has 0 bridgehead atoms. The van der Waals surface area contributed by atoms with Crippen LogP contribution in [-0.4, -0.2) is 42.5 Å². The van der Waals surface area contributed by atoms with Gasteiger partial charge in [0, 0.05) is 19.5 Å². The van der Waals surface area contributed by atoms with Gasteiger partial charge in [-0.3, -0.25) is 0 Å². The molecule has 32 heavy (non-hydrogen) atoms. The molecule has 0 saturated carbocycles. The van der Waals surface area contributed by atoms with Crippen molar-refractivity contribution in [2.75, 3.05) is 19.0 Å². The predicted octanol–water partition coefficient (Wildman–Crippen LogP) is 5.33. The molecule has 2 aromatic rings. The van der Waals surface area contributed by atoms with Gasteiger partial charge in [0.15, 0.2) is 5.13 Å². The molecular formula is C23H33N3O5S. The number of nitrogens with zero attached hydrogens (tertiary/aromatic N) is 2. The van der Waals surface area contributed by atoms with E-state index in [2.05, 4.69) is 10.3 Å². The second-order valence-electron chi connectivity index (χ2n) is 9.56. The van der Waals surface area contributed by atoms with Gasteiger partial charge in [0.2, 0.25) is 0 Å². The lowest BCUT2D eigenvalue weighted by Gasteiger charge is -2.23. The summed E-state index contributed by atoms with van der Waals surface area (Å²) in [6.07, 6.45) is -0.775. The molecule has 0 fully saturated rings. The minimum Gasteiger partial charge on any atom is -0.444 e. The van der Waals surface area contributed by atoms with Gasteiger partial charge in [-0.15, -0.1) is 11.3 Å². The van der Waals surface area contributed by atoms with Crippen LogP contribution in [0, 0.1) is 0 Å². The standard InChI is InChI=1S/C23H33N3O5S/c1-22(2,3)30-20(27)25-17(18-14-32-19(24-18)26(7)8)13-15-9-11-16(12-10-15)29-21(28)31-23(4,5)6/h9-12,14,17H,13H2,1-8H3,(H,25,27)/t17-/m0/s1. The quantitative estimate of drug-likeness (QED) is 0.457. The van der Waals surface area contributed by atoms with Crippen LogP contribution < -0.4 is 15.0 Å².